The quantitative estimate of drug-likeness (QED) is 0.872. The molecule has 16 heavy (non-hydrogen) atoms. The first kappa shape index (κ1) is 13.0. The minimum absolute atomic E-state index is 0.596. The van der Waals surface area contributed by atoms with Crippen LogP contribution in [0.2, 0.25) is 0 Å². The van der Waals surface area contributed by atoms with Crippen LogP contribution in [0.25, 0.3) is 0 Å². The lowest BCUT2D eigenvalue weighted by Crippen LogP contribution is -2.26. The van der Waals surface area contributed by atoms with Gasteiger partial charge in [-0.25, -0.2) is 0 Å². The third kappa shape index (κ3) is 3.85. The highest BCUT2D eigenvalue weighted by molar-refractivity contribution is 9.10. The maximum absolute atomic E-state index is 10.9. The molecule has 0 fully saturated rings. The monoisotopic (exact) mass is 285 g/mol. The zero-order valence-electron chi connectivity index (χ0n) is 9.46. The van der Waals surface area contributed by atoms with Gasteiger partial charge in [-0.2, -0.15) is 0 Å². The molecule has 2 N–H and O–H groups in total. The van der Waals surface area contributed by atoms with Gasteiger partial charge < -0.3 is 10.4 Å². The van der Waals surface area contributed by atoms with Crippen molar-refractivity contribution in [3.05, 3.63) is 28.7 Å². The number of carbonyl (C=O) groups is 1. The summed E-state index contributed by atoms with van der Waals surface area (Å²) in [6.45, 7) is 4.12. The number of carboxylic acids is 1. The molecule has 0 aliphatic carbocycles. The molecule has 0 radical (unpaired) electrons. The number of benzene rings is 1. The van der Waals surface area contributed by atoms with Gasteiger partial charge in [0.1, 0.15) is 0 Å². The second kappa shape index (κ2) is 5.34. The van der Waals surface area contributed by atoms with Crippen molar-refractivity contribution < 1.29 is 9.90 Å². The normalized spacial score (nSPS) is 11.2. The highest BCUT2D eigenvalue weighted by Gasteiger charge is 2.26. The lowest BCUT2D eigenvalue weighted by Gasteiger charge is -2.19. The molecule has 0 aromatic heterocycles. The summed E-state index contributed by atoms with van der Waals surface area (Å²) in [4.78, 5) is 10.9. The first-order valence-electron chi connectivity index (χ1n) is 5.15. The van der Waals surface area contributed by atoms with Gasteiger partial charge in [-0.15, -0.1) is 0 Å². The zero-order valence-corrected chi connectivity index (χ0v) is 11.0. The van der Waals surface area contributed by atoms with E-state index in [9.17, 15) is 4.79 Å². The van der Waals surface area contributed by atoms with Crippen LogP contribution in [0.1, 0.15) is 20.3 Å². The zero-order chi connectivity index (χ0) is 12.2. The lowest BCUT2D eigenvalue weighted by atomic mass is 9.90. The fraction of sp³-hybridized carbons (Fsp3) is 0.417. The molecule has 4 heteroatoms. The van der Waals surface area contributed by atoms with Gasteiger partial charge in [-0.05, 0) is 44.5 Å². The molecule has 1 aromatic rings. The Kier molecular flexibility index (Phi) is 4.35. The highest BCUT2D eigenvalue weighted by atomic mass is 79.9. The minimum atomic E-state index is -0.759. The van der Waals surface area contributed by atoms with Crippen molar-refractivity contribution in [2.24, 2.45) is 5.41 Å². The molecule has 1 aromatic carbocycles. The van der Waals surface area contributed by atoms with E-state index in [0.717, 1.165) is 10.2 Å². The van der Waals surface area contributed by atoms with E-state index in [1.54, 1.807) is 13.8 Å². The average molecular weight is 286 g/mol. The summed E-state index contributed by atoms with van der Waals surface area (Å²) < 4.78 is 1.03. The van der Waals surface area contributed by atoms with Gasteiger partial charge in [0.15, 0.2) is 0 Å². The lowest BCUT2D eigenvalue weighted by molar-refractivity contribution is -0.147. The SMILES string of the molecule is CC(C)(CCNc1ccc(Br)cc1)C(=O)O. The number of rotatable bonds is 5. The van der Waals surface area contributed by atoms with E-state index in [1.165, 1.54) is 0 Å². The molecule has 0 spiro atoms. The number of hydrogen-bond donors (Lipinski definition) is 2. The first-order valence-corrected chi connectivity index (χ1v) is 5.94. The van der Waals surface area contributed by atoms with Crippen molar-refractivity contribution >= 4 is 27.6 Å². The second-order valence-electron chi connectivity index (χ2n) is 4.37. The topological polar surface area (TPSA) is 49.3 Å². The second-order valence-corrected chi connectivity index (χ2v) is 5.29. The van der Waals surface area contributed by atoms with Crippen molar-refractivity contribution in [1.29, 1.82) is 0 Å². The Morgan fingerprint density at radius 1 is 1.38 bits per heavy atom. The molecule has 0 saturated carbocycles. The molecule has 0 atom stereocenters. The van der Waals surface area contributed by atoms with Crippen LogP contribution in [-0.2, 0) is 4.79 Å². The maximum Gasteiger partial charge on any atom is 0.309 e. The molecular formula is C12H16BrNO2. The van der Waals surface area contributed by atoms with Crippen LogP contribution in [0.5, 0.6) is 0 Å². The van der Waals surface area contributed by atoms with E-state index < -0.39 is 11.4 Å². The molecule has 1 rings (SSSR count). The summed E-state index contributed by atoms with van der Waals surface area (Å²) in [7, 11) is 0. The van der Waals surface area contributed by atoms with Crippen molar-refractivity contribution in [3.8, 4) is 0 Å². The number of hydrogen-bond acceptors (Lipinski definition) is 2. The minimum Gasteiger partial charge on any atom is -0.481 e. The largest absolute Gasteiger partial charge is 0.481 e. The van der Waals surface area contributed by atoms with Crippen LogP contribution in [0, 0.1) is 5.41 Å². The summed E-state index contributed by atoms with van der Waals surface area (Å²) in [6.07, 6.45) is 0.596. The summed E-state index contributed by atoms with van der Waals surface area (Å²) in [5.74, 6) is -0.759. The van der Waals surface area contributed by atoms with Crippen molar-refractivity contribution in [2.45, 2.75) is 20.3 Å². The van der Waals surface area contributed by atoms with Gasteiger partial charge in [0.25, 0.3) is 0 Å². The fourth-order valence-corrected chi connectivity index (χ4v) is 1.46. The smallest absolute Gasteiger partial charge is 0.309 e. The Morgan fingerprint density at radius 2 is 1.94 bits per heavy atom. The molecule has 3 nitrogen and oxygen atoms in total. The third-order valence-corrected chi connectivity index (χ3v) is 3.03. The number of nitrogens with one attached hydrogen (secondary N) is 1. The van der Waals surface area contributed by atoms with Crippen LogP contribution < -0.4 is 5.32 Å². The molecule has 0 saturated heterocycles. The van der Waals surface area contributed by atoms with Gasteiger partial charge in [0.2, 0.25) is 0 Å². The standard InChI is InChI=1S/C12H16BrNO2/c1-12(2,11(15)16)7-8-14-10-5-3-9(13)4-6-10/h3-6,14H,7-8H2,1-2H3,(H,15,16). The number of halogens is 1. The Labute approximate surface area is 104 Å². The molecule has 88 valence electrons. The van der Waals surface area contributed by atoms with Gasteiger partial charge in [0.05, 0.1) is 5.41 Å². The molecule has 0 aliphatic rings. The van der Waals surface area contributed by atoms with Crippen LogP contribution in [-0.4, -0.2) is 17.6 Å². The number of aliphatic carboxylic acids is 1. The summed E-state index contributed by atoms with van der Waals surface area (Å²) >= 11 is 3.36. The van der Waals surface area contributed by atoms with E-state index >= 15 is 0 Å². The van der Waals surface area contributed by atoms with Gasteiger partial charge in [0, 0.05) is 16.7 Å². The summed E-state index contributed by atoms with van der Waals surface area (Å²) in [5, 5.41) is 12.1. The van der Waals surface area contributed by atoms with E-state index in [4.69, 9.17) is 5.11 Å². The molecule has 0 bridgehead atoms. The van der Waals surface area contributed by atoms with E-state index in [1.807, 2.05) is 24.3 Å². The predicted molar refractivity (Wildman–Crippen MR) is 68.7 cm³/mol. The van der Waals surface area contributed by atoms with Crippen LogP contribution in [0.15, 0.2) is 28.7 Å². The Hall–Kier alpha value is -1.03. The van der Waals surface area contributed by atoms with Crippen LogP contribution >= 0.6 is 15.9 Å². The Morgan fingerprint density at radius 3 is 2.44 bits per heavy atom. The summed E-state index contributed by atoms with van der Waals surface area (Å²) in [5.41, 5.74) is 0.326. The Bertz CT molecular complexity index is 360. The molecule has 0 heterocycles. The van der Waals surface area contributed by atoms with E-state index in [0.29, 0.717) is 13.0 Å². The molecular weight excluding hydrogens is 270 g/mol. The van der Waals surface area contributed by atoms with E-state index in [2.05, 4.69) is 21.2 Å². The van der Waals surface area contributed by atoms with Gasteiger partial charge in [-0.3, -0.25) is 4.79 Å². The van der Waals surface area contributed by atoms with Crippen molar-refractivity contribution in [3.63, 3.8) is 0 Å². The molecule has 0 aliphatic heterocycles. The van der Waals surface area contributed by atoms with Gasteiger partial charge in [-0.1, -0.05) is 15.9 Å². The predicted octanol–water partition coefficient (Wildman–Crippen LogP) is 3.36. The number of anilines is 1. The Balaban J connectivity index is 2.41. The molecule has 0 unspecified atom stereocenters. The maximum atomic E-state index is 10.9. The highest BCUT2D eigenvalue weighted by Crippen LogP contribution is 2.21. The third-order valence-electron chi connectivity index (χ3n) is 2.50. The number of carboxylic acid groups (broad SMARTS) is 1. The average Bonchev–Trinajstić information content (AvgIpc) is 2.20. The first-order chi connectivity index (χ1) is 7.42. The van der Waals surface area contributed by atoms with E-state index in [-0.39, 0.29) is 0 Å². The van der Waals surface area contributed by atoms with Crippen molar-refractivity contribution in [2.75, 3.05) is 11.9 Å². The fourth-order valence-electron chi connectivity index (χ4n) is 1.19. The van der Waals surface area contributed by atoms with Crippen LogP contribution in [0.3, 0.4) is 0 Å². The summed E-state index contributed by atoms with van der Waals surface area (Å²) in [6, 6.07) is 7.81. The van der Waals surface area contributed by atoms with Crippen molar-refractivity contribution in [1.82, 2.24) is 0 Å². The molecule has 0 amide bonds. The van der Waals surface area contributed by atoms with Crippen LogP contribution in [0.4, 0.5) is 5.69 Å². The van der Waals surface area contributed by atoms with Gasteiger partial charge >= 0.3 is 5.97 Å².